The van der Waals surface area contributed by atoms with Gasteiger partial charge in [0.15, 0.2) is 0 Å². The molecule has 1 aromatic heterocycles. The summed E-state index contributed by atoms with van der Waals surface area (Å²) in [4.78, 5) is 1.07. The average molecular weight is 302 g/mol. The zero-order chi connectivity index (χ0) is 13.1. The summed E-state index contributed by atoms with van der Waals surface area (Å²) in [6.45, 7) is 4.82. The molecule has 96 valence electrons. The molecular formula is C12H13Cl2N3S. The summed E-state index contributed by atoms with van der Waals surface area (Å²) in [5.41, 5.74) is 1.88. The Kier molecular flexibility index (Phi) is 4.56. The minimum Gasteiger partial charge on any atom is -0.306 e. The lowest BCUT2D eigenvalue weighted by atomic mass is 10.0. The number of halogens is 2. The number of hydrogen-bond donors (Lipinski definition) is 1. The number of aryl methyl sites for hydroxylation is 1. The monoisotopic (exact) mass is 301 g/mol. The first-order chi connectivity index (χ1) is 8.65. The third-order valence-electron chi connectivity index (χ3n) is 2.65. The molecule has 0 amide bonds. The molecule has 0 saturated heterocycles. The van der Waals surface area contributed by atoms with Crippen molar-refractivity contribution in [2.75, 3.05) is 6.54 Å². The molecule has 0 aliphatic heterocycles. The highest BCUT2D eigenvalue weighted by Gasteiger charge is 2.21. The van der Waals surface area contributed by atoms with Crippen molar-refractivity contribution in [3.05, 3.63) is 44.4 Å². The first-order valence-corrected chi connectivity index (χ1v) is 7.14. The fraction of sp³-hybridized carbons (Fsp3) is 0.333. The Bertz CT molecular complexity index is 542. The second-order valence-electron chi connectivity index (χ2n) is 3.86. The zero-order valence-corrected chi connectivity index (χ0v) is 12.4. The van der Waals surface area contributed by atoms with Crippen molar-refractivity contribution in [1.29, 1.82) is 0 Å². The van der Waals surface area contributed by atoms with Crippen LogP contribution in [-0.4, -0.2) is 16.1 Å². The zero-order valence-electron chi connectivity index (χ0n) is 10.1. The predicted octanol–water partition coefficient (Wildman–Crippen LogP) is 3.85. The topological polar surface area (TPSA) is 37.8 Å². The lowest BCUT2D eigenvalue weighted by Crippen LogP contribution is -2.22. The van der Waals surface area contributed by atoms with Gasteiger partial charge in [-0.05, 0) is 36.6 Å². The summed E-state index contributed by atoms with van der Waals surface area (Å²) >= 11 is 13.7. The van der Waals surface area contributed by atoms with Crippen LogP contribution < -0.4 is 5.32 Å². The van der Waals surface area contributed by atoms with E-state index in [0.29, 0.717) is 10.0 Å². The molecule has 6 heteroatoms. The summed E-state index contributed by atoms with van der Waals surface area (Å²) < 4.78 is 3.98. The highest BCUT2D eigenvalue weighted by Crippen LogP contribution is 2.34. The van der Waals surface area contributed by atoms with Gasteiger partial charge in [-0.2, -0.15) is 0 Å². The van der Waals surface area contributed by atoms with Gasteiger partial charge in [-0.15, -0.1) is 5.10 Å². The van der Waals surface area contributed by atoms with Crippen molar-refractivity contribution in [3.63, 3.8) is 0 Å². The Morgan fingerprint density at radius 2 is 2.17 bits per heavy atom. The van der Waals surface area contributed by atoms with Crippen LogP contribution in [0.15, 0.2) is 18.2 Å². The molecule has 0 spiro atoms. The number of aromatic nitrogens is 2. The van der Waals surface area contributed by atoms with E-state index < -0.39 is 0 Å². The maximum atomic E-state index is 6.28. The molecule has 3 nitrogen and oxygen atoms in total. The van der Waals surface area contributed by atoms with Crippen molar-refractivity contribution < 1.29 is 0 Å². The summed E-state index contributed by atoms with van der Waals surface area (Å²) in [6, 6.07) is 5.65. The van der Waals surface area contributed by atoms with E-state index >= 15 is 0 Å². The van der Waals surface area contributed by atoms with Crippen LogP contribution in [0.5, 0.6) is 0 Å². The first-order valence-electron chi connectivity index (χ1n) is 5.61. The molecule has 1 atom stereocenters. The number of rotatable bonds is 4. The van der Waals surface area contributed by atoms with Crippen molar-refractivity contribution in [2.45, 2.75) is 19.9 Å². The van der Waals surface area contributed by atoms with Crippen LogP contribution >= 0.6 is 34.7 Å². The molecule has 2 rings (SSSR count). The minimum atomic E-state index is -0.0128. The lowest BCUT2D eigenvalue weighted by molar-refractivity contribution is 0.635. The van der Waals surface area contributed by atoms with E-state index in [2.05, 4.69) is 21.8 Å². The van der Waals surface area contributed by atoms with Crippen molar-refractivity contribution in [3.8, 4) is 0 Å². The van der Waals surface area contributed by atoms with Crippen LogP contribution in [0.3, 0.4) is 0 Å². The largest absolute Gasteiger partial charge is 0.306 e. The summed E-state index contributed by atoms with van der Waals surface area (Å²) in [5.74, 6) is 0. The average Bonchev–Trinajstić information content (AvgIpc) is 2.76. The van der Waals surface area contributed by atoms with Crippen LogP contribution in [0.25, 0.3) is 0 Å². The summed E-state index contributed by atoms with van der Waals surface area (Å²) in [5, 5.41) is 8.59. The molecule has 1 unspecified atom stereocenters. The predicted molar refractivity (Wildman–Crippen MR) is 76.6 cm³/mol. The second-order valence-corrected chi connectivity index (χ2v) is 5.43. The maximum absolute atomic E-state index is 6.28. The van der Waals surface area contributed by atoms with Gasteiger partial charge < -0.3 is 5.32 Å². The van der Waals surface area contributed by atoms with E-state index in [4.69, 9.17) is 23.2 Å². The Morgan fingerprint density at radius 1 is 1.39 bits per heavy atom. The third-order valence-corrected chi connectivity index (χ3v) is 4.37. The molecular weight excluding hydrogens is 289 g/mol. The molecule has 0 saturated carbocycles. The molecule has 0 aliphatic carbocycles. The molecule has 1 N–H and O–H groups in total. The molecule has 2 aromatic rings. The van der Waals surface area contributed by atoms with Crippen molar-refractivity contribution in [1.82, 2.24) is 14.9 Å². The van der Waals surface area contributed by atoms with Crippen LogP contribution in [0, 0.1) is 6.92 Å². The number of nitrogens with one attached hydrogen (secondary N) is 1. The lowest BCUT2D eigenvalue weighted by Gasteiger charge is -2.18. The smallest absolute Gasteiger partial charge is 0.0776 e. The van der Waals surface area contributed by atoms with Gasteiger partial charge in [0.05, 0.1) is 26.7 Å². The second kappa shape index (κ2) is 5.97. The number of hydrogen-bond acceptors (Lipinski definition) is 4. The van der Waals surface area contributed by atoms with Crippen LogP contribution in [0.2, 0.25) is 10.0 Å². The molecule has 0 radical (unpaired) electrons. The van der Waals surface area contributed by atoms with Crippen molar-refractivity contribution >= 4 is 34.7 Å². The first kappa shape index (κ1) is 13.7. The fourth-order valence-electron chi connectivity index (χ4n) is 1.79. The van der Waals surface area contributed by atoms with E-state index in [9.17, 15) is 0 Å². The highest BCUT2D eigenvalue weighted by molar-refractivity contribution is 7.05. The van der Waals surface area contributed by atoms with Gasteiger partial charge in [-0.25, -0.2) is 0 Å². The van der Waals surface area contributed by atoms with E-state index in [1.807, 2.05) is 19.1 Å². The normalized spacial score (nSPS) is 12.7. The Hall–Kier alpha value is -0.680. The van der Waals surface area contributed by atoms with Crippen LogP contribution in [-0.2, 0) is 0 Å². The minimum absolute atomic E-state index is 0.0128. The summed E-state index contributed by atoms with van der Waals surface area (Å²) in [7, 11) is 0. The maximum Gasteiger partial charge on any atom is 0.0776 e. The highest BCUT2D eigenvalue weighted by atomic mass is 35.5. The van der Waals surface area contributed by atoms with E-state index in [1.165, 1.54) is 11.5 Å². The molecule has 0 bridgehead atoms. The fourth-order valence-corrected chi connectivity index (χ4v) is 2.95. The van der Waals surface area contributed by atoms with Crippen molar-refractivity contribution in [2.24, 2.45) is 0 Å². The van der Waals surface area contributed by atoms with Gasteiger partial charge in [0, 0.05) is 0 Å². The molecule has 18 heavy (non-hydrogen) atoms. The van der Waals surface area contributed by atoms with E-state index in [1.54, 1.807) is 6.07 Å². The van der Waals surface area contributed by atoms with Gasteiger partial charge >= 0.3 is 0 Å². The SMILES string of the molecule is CCNC(c1cccc(Cl)c1Cl)c1snnc1C. The van der Waals surface area contributed by atoms with Crippen LogP contribution in [0.1, 0.15) is 29.1 Å². The Morgan fingerprint density at radius 3 is 2.78 bits per heavy atom. The number of nitrogens with zero attached hydrogens (tertiary/aromatic N) is 2. The molecule has 0 fully saturated rings. The van der Waals surface area contributed by atoms with Gasteiger partial charge in [-0.1, -0.05) is 46.7 Å². The number of benzene rings is 1. The molecule has 1 heterocycles. The van der Waals surface area contributed by atoms with E-state index in [0.717, 1.165) is 22.7 Å². The third kappa shape index (κ3) is 2.67. The van der Waals surface area contributed by atoms with Gasteiger partial charge in [-0.3, -0.25) is 0 Å². The Labute approximate surface area is 120 Å². The summed E-state index contributed by atoms with van der Waals surface area (Å²) in [6.07, 6.45) is 0. The van der Waals surface area contributed by atoms with Gasteiger partial charge in [0.25, 0.3) is 0 Å². The standard InChI is InChI=1S/C12H13Cl2N3S/c1-3-15-11(12-7(2)16-17-18-12)8-5-4-6-9(13)10(8)14/h4-6,11,15H,3H2,1-2H3. The van der Waals surface area contributed by atoms with Crippen LogP contribution in [0.4, 0.5) is 0 Å². The Balaban J connectivity index is 2.48. The molecule has 1 aromatic carbocycles. The van der Waals surface area contributed by atoms with E-state index in [-0.39, 0.29) is 6.04 Å². The van der Waals surface area contributed by atoms with Gasteiger partial charge in [0.1, 0.15) is 0 Å². The quantitative estimate of drug-likeness (QED) is 0.932. The van der Waals surface area contributed by atoms with Gasteiger partial charge in [0.2, 0.25) is 0 Å². The molecule has 0 aliphatic rings.